The number of ether oxygens (including phenoxy) is 2. The fourth-order valence-electron chi connectivity index (χ4n) is 2.34. The summed E-state index contributed by atoms with van der Waals surface area (Å²) in [6, 6.07) is 12.9. The molecular formula is C20H17F3N2O2. The van der Waals surface area contributed by atoms with Crippen LogP contribution in [-0.4, -0.2) is 16.3 Å². The monoisotopic (exact) mass is 374 g/mol. The van der Waals surface area contributed by atoms with Crippen molar-refractivity contribution < 1.29 is 22.6 Å². The van der Waals surface area contributed by atoms with Crippen LogP contribution in [0.15, 0.2) is 60.9 Å². The van der Waals surface area contributed by atoms with Gasteiger partial charge in [0.25, 0.3) is 0 Å². The van der Waals surface area contributed by atoms with E-state index in [0.717, 1.165) is 23.1 Å². The summed E-state index contributed by atoms with van der Waals surface area (Å²) in [4.78, 5) is 8.67. The third-order valence-corrected chi connectivity index (χ3v) is 3.79. The molecular weight excluding hydrogens is 357 g/mol. The van der Waals surface area contributed by atoms with Gasteiger partial charge in [0.1, 0.15) is 18.1 Å². The van der Waals surface area contributed by atoms with E-state index in [1.807, 2.05) is 19.1 Å². The zero-order chi connectivity index (χ0) is 19.3. The summed E-state index contributed by atoms with van der Waals surface area (Å²) in [7, 11) is 0. The normalized spacial score (nSPS) is 11.3. The summed E-state index contributed by atoms with van der Waals surface area (Å²) in [6.07, 6.45) is -0.200. The highest BCUT2D eigenvalue weighted by Crippen LogP contribution is 2.24. The predicted molar refractivity (Wildman–Crippen MR) is 94.3 cm³/mol. The molecule has 0 unspecified atom stereocenters. The van der Waals surface area contributed by atoms with Crippen LogP contribution in [0, 0.1) is 0 Å². The van der Waals surface area contributed by atoms with Crippen LogP contribution in [0.5, 0.6) is 11.5 Å². The van der Waals surface area contributed by atoms with Gasteiger partial charge in [-0.1, -0.05) is 19.1 Å². The topological polar surface area (TPSA) is 44.2 Å². The molecule has 0 aliphatic carbocycles. The summed E-state index contributed by atoms with van der Waals surface area (Å²) in [5.74, 6) is 1.02. The van der Waals surface area contributed by atoms with Gasteiger partial charge >= 0.3 is 6.36 Å². The summed E-state index contributed by atoms with van der Waals surface area (Å²) in [5, 5.41) is 0. The minimum atomic E-state index is -4.69. The van der Waals surface area contributed by atoms with Gasteiger partial charge in [0.05, 0.1) is 0 Å². The van der Waals surface area contributed by atoms with Gasteiger partial charge in [-0.05, 0) is 53.9 Å². The highest BCUT2D eigenvalue weighted by atomic mass is 19.4. The van der Waals surface area contributed by atoms with Gasteiger partial charge in [-0.3, -0.25) is 0 Å². The van der Waals surface area contributed by atoms with Crippen LogP contribution in [0.1, 0.15) is 18.1 Å². The maximum absolute atomic E-state index is 12.1. The lowest BCUT2D eigenvalue weighted by molar-refractivity contribution is -0.274. The van der Waals surface area contributed by atoms with Gasteiger partial charge in [0.2, 0.25) is 0 Å². The molecule has 0 spiro atoms. The number of aryl methyl sites for hydroxylation is 1. The lowest BCUT2D eigenvalue weighted by Crippen LogP contribution is -2.17. The van der Waals surface area contributed by atoms with Crippen molar-refractivity contribution in [2.24, 2.45) is 0 Å². The third kappa shape index (κ3) is 5.44. The summed E-state index contributed by atoms with van der Waals surface area (Å²) in [6.45, 7) is 2.27. The second kappa shape index (κ2) is 8.07. The van der Waals surface area contributed by atoms with E-state index in [9.17, 15) is 13.2 Å². The Labute approximate surface area is 154 Å². The second-order valence-corrected chi connectivity index (χ2v) is 5.77. The number of hydrogen-bond donors (Lipinski definition) is 0. The van der Waals surface area contributed by atoms with E-state index < -0.39 is 6.36 Å². The maximum Gasteiger partial charge on any atom is 0.573 e. The predicted octanol–water partition coefficient (Wildman–Crippen LogP) is 5.18. The highest BCUT2D eigenvalue weighted by molar-refractivity contribution is 5.55. The van der Waals surface area contributed by atoms with Crippen molar-refractivity contribution in [3.8, 4) is 22.9 Å². The quantitative estimate of drug-likeness (QED) is 0.596. The lowest BCUT2D eigenvalue weighted by atomic mass is 10.2. The molecule has 3 rings (SSSR count). The Morgan fingerprint density at radius 1 is 0.815 bits per heavy atom. The number of alkyl halides is 3. The Morgan fingerprint density at radius 2 is 1.41 bits per heavy atom. The van der Waals surface area contributed by atoms with E-state index in [0.29, 0.717) is 11.6 Å². The molecule has 0 atom stereocenters. The second-order valence-electron chi connectivity index (χ2n) is 5.77. The van der Waals surface area contributed by atoms with E-state index in [4.69, 9.17) is 4.74 Å². The van der Waals surface area contributed by atoms with Crippen LogP contribution < -0.4 is 9.47 Å². The fourth-order valence-corrected chi connectivity index (χ4v) is 2.34. The van der Waals surface area contributed by atoms with E-state index in [2.05, 4.69) is 14.7 Å². The van der Waals surface area contributed by atoms with Crippen LogP contribution in [0.2, 0.25) is 0 Å². The van der Waals surface area contributed by atoms with Gasteiger partial charge in [-0.25, -0.2) is 9.97 Å². The molecule has 4 nitrogen and oxygen atoms in total. The molecule has 0 bridgehead atoms. The Morgan fingerprint density at radius 3 is 1.96 bits per heavy atom. The summed E-state index contributed by atoms with van der Waals surface area (Å²) >= 11 is 0. The van der Waals surface area contributed by atoms with Gasteiger partial charge in [-0.15, -0.1) is 13.2 Å². The maximum atomic E-state index is 12.1. The molecule has 140 valence electrons. The van der Waals surface area contributed by atoms with Gasteiger partial charge < -0.3 is 9.47 Å². The summed E-state index contributed by atoms with van der Waals surface area (Å²) in [5.41, 5.74) is 2.68. The molecule has 0 aliphatic rings. The molecule has 1 aromatic heterocycles. The number of nitrogens with zero attached hydrogens (tertiary/aromatic N) is 2. The largest absolute Gasteiger partial charge is 0.573 e. The molecule has 27 heavy (non-hydrogen) atoms. The average molecular weight is 374 g/mol. The third-order valence-electron chi connectivity index (χ3n) is 3.79. The van der Waals surface area contributed by atoms with Gasteiger partial charge in [-0.2, -0.15) is 0 Å². The molecule has 3 aromatic rings. The van der Waals surface area contributed by atoms with Crippen LogP contribution in [0.25, 0.3) is 11.4 Å². The summed E-state index contributed by atoms with van der Waals surface area (Å²) < 4.78 is 45.9. The van der Waals surface area contributed by atoms with Crippen LogP contribution in [0.4, 0.5) is 13.2 Å². The minimum Gasteiger partial charge on any atom is -0.489 e. The van der Waals surface area contributed by atoms with E-state index in [1.165, 1.54) is 24.3 Å². The molecule has 7 heteroatoms. The van der Waals surface area contributed by atoms with Crippen LogP contribution in [0.3, 0.4) is 0 Å². The molecule has 0 fully saturated rings. The van der Waals surface area contributed by atoms with Crippen molar-refractivity contribution in [1.82, 2.24) is 9.97 Å². The molecule has 0 radical (unpaired) electrons. The van der Waals surface area contributed by atoms with E-state index in [1.54, 1.807) is 24.5 Å². The lowest BCUT2D eigenvalue weighted by Gasteiger charge is -2.10. The first kappa shape index (κ1) is 18.7. The number of hydrogen-bond acceptors (Lipinski definition) is 4. The van der Waals surface area contributed by atoms with Crippen LogP contribution in [-0.2, 0) is 13.0 Å². The number of aromatic nitrogens is 2. The molecule has 0 N–H and O–H groups in total. The Hall–Kier alpha value is -3.09. The number of halogens is 3. The Kier molecular flexibility index (Phi) is 5.59. The first-order valence-electron chi connectivity index (χ1n) is 8.32. The fraction of sp³-hybridized carbons (Fsp3) is 0.200. The van der Waals surface area contributed by atoms with Gasteiger partial charge in [0.15, 0.2) is 5.82 Å². The molecule has 1 heterocycles. The smallest absolute Gasteiger partial charge is 0.489 e. The zero-order valence-corrected chi connectivity index (χ0v) is 14.5. The molecule has 0 amide bonds. The van der Waals surface area contributed by atoms with Crippen molar-refractivity contribution in [1.29, 1.82) is 0 Å². The van der Waals surface area contributed by atoms with Crippen molar-refractivity contribution >= 4 is 0 Å². The van der Waals surface area contributed by atoms with E-state index >= 15 is 0 Å². The van der Waals surface area contributed by atoms with Crippen molar-refractivity contribution in [3.05, 3.63) is 72.1 Å². The van der Waals surface area contributed by atoms with Crippen LogP contribution >= 0.6 is 0 Å². The minimum absolute atomic E-state index is 0.230. The molecule has 2 aromatic carbocycles. The van der Waals surface area contributed by atoms with Gasteiger partial charge in [0, 0.05) is 18.0 Å². The molecule has 0 saturated heterocycles. The first-order valence-corrected chi connectivity index (χ1v) is 8.32. The van der Waals surface area contributed by atoms with Crippen molar-refractivity contribution in [2.45, 2.75) is 26.3 Å². The standard InChI is InChI=1S/C20H17F3N2O2/c1-2-14-11-24-19(25-12-14)16-5-9-17(10-6-16)26-13-15-3-7-18(8-4-15)27-20(21,22)23/h3-12H,2,13H2,1H3. The SMILES string of the molecule is CCc1cnc(-c2ccc(OCc3ccc(OC(F)(F)F)cc3)cc2)nc1. The van der Waals surface area contributed by atoms with Crippen molar-refractivity contribution in [3.63, 3.8) is 0 Å². The Balaban J connectivity index is 1.58. The molecule has 0 aliphatic heterocycles. The number of rotatable bonds is 6. The average Bonchev–Trinajstić information content (AvgIpc) is 2.67. The Bertz CT molecular complexity index is 862. The highest BCUT2D eigenvalue weighted by Gasteiger charge is 2.30. The first-order chi connectivity index (χ1) is 12.9. The number of benzene rings is 2. The molecule has 0 saturated carbocycles. The van der Waals surface area contributed by atoms with Crippen molar-refractivity contribution in [2.75, 3.05) is 0 Å². The zero-order valence-electron chi connectivity index (χ0n) is 14.5. The van der Waals surface area contributed by atoms with E-state index in [-0.39, 0.29) is 12.4 Å².